The molecule has 1 amide bonds. The number of aryl methyl sites for hydroxylation is 1. The van der Waals surface area contributed by atoms with Crippen molar-refractivity contribution in [2.75, 3.05) is 19.6 Å². The quantitative estimate of drug-likeness (QED) is 0.882. The lowest BCUT2D eigenvalue weighted by molar-refractivity contribution is 0.0761. The Bertz CT molecular complexity index is 415. The van der Waals surface area contributed by atoms with Crippen LogP contribution in [0.15, 0.2) is 24.3 Å². The number of nitrogens with zero attached hydrogens (tertiary/aromatic N) is 1. The average Bonchev–Trinajstić information content (AvgIpc) is 2.50. The number of nitrogens with one attached hydrogen (secondary N) is 1. The summed E-state index contributed by atoms with van der Waals surface area (Å²) in [7, 11) is 0. The third-order valence-corrected chi connectivity index (χ3v) is 3.34. The van der Waals surface area contributed by atoms with Gasteiger partial charge in [-0.2, -0.15) is 0 Å². The minimum Gasteiger partial charge on any atom is -0.337 e. The molecule has 18 heavy (non-hydrogen) atoms. The van der Waals surface area contributed by atoms with Gasteiger partial charge in [0.1, 0.15) is 0 Å². The van der Waals surface area contributed by atoms with Crippen molar-refractivity contribution < 1.29 is 4.79 Å². The van der Waals surface area contributed by atoms with Crippen molar-refractivity contribution in [3.63, 3.8) is 0 Å². The van der Waals surface area contributed by atoms with Crippen molar-refractivity contribution in [2.24, 2.45) is 0 Å². The highest BCUT2D eigenvalue weighted by molar-refractivity contribution is 5.96. The molecule has 0 saturated heterocycles. The highest BCUT2D eigenvalue weighted by atomic mass is 16.2. The number of amides is 1. The molecule has 0 saturated carbocycles. The first-order valence-electron chi connectivity index (χ1n) is 6.79. The Morgan fingerprint density at radius 3 is 2.89 bits per heavy atom. The van der Waals surface area contributed by atoms with Crippen molar-refractivity contribution in [2.45, 2.75) is 32.7 Å². The summed E-state index contributed by atoms with van der Waals surface area (Å²) >= 11 is 0. The summed E-state index contributed by atoms with van der Waals surface area (Å²) in [6, 6.07) is 8.46. The number of fused-ring (bicyclic) bond motifs is 1. The van der Waals surface area contributed by atoms with Crippen LogP contribution >= 0.6 is 0 Å². The van der Waals surface area contributed by atoms with Crippen LogP contribution in [0, 0.1) is 0 Å². The maximum Gasteiger partial charge on any atom is 0.254 e. The first-order chi connectivity index (χ1) is 8.68. The van der Waals surface area contributed by atoms with Gasteiger partial charge in [0.2, 0.25) is 0 Å². The van der Waals surface area contributed by atoms with Gasteiger partial charge in [0.25, 0.3) is 5.91 Å². The van der Waals surface area contributed by atoms with Gasteiger partial charge in [-0.25, -0.2) is 0 Å². The zero-order chi connectivity index (χ0) is 13.0. The molecule has 0 fully saturated rings. The highest BCUT2D eigenvalue weighted by Crippen LogP contribution is 2.17. The molecule has 98 valence electrons. The number of hydrogen-bond donors (Lipinski definition) is 1. The van der Waals surface area contributed by atoms with Crippen LogP contribution < -0.4 is 5.32 Å². The summed E-state index contributed by atoms with van der Waals surface area (Å²) in [6.45, 7) is 6.78. The zero-order valence-corrected chi connectivity index (χ0v) is 11.3. The highest BCUT2D eigenvalue weighted by Gasteiger charge is 2.21. The molecule has 1 heterocycles. The van der Waals surface area contributed by atoms with Gasteiger partial charge in [0.05, 0.1) is 0 Å². The van der Waals surface area contributed by atoms with Crippen molar-refractivity contribution >= 4 is 5.91 Å². The van der Waals surface area contributed by atoms with Crippen molar-refractivity contribution in [1.82, 2.24) is 10.2 Å². The molecule has 3 nitrogen and oxygen atoms in total. The van der Waals surface area contributed by atoms with Gasteiger partial charge in [-0.05, 0) is 24.5 Å². The van der Waals surface area contributed by atoms with E-state index in [-0.39, 0.29) is 5.91 Å². The molecule has 1 aliphatic rings. The lowest BCUT2D eigenvalue weighted by atomic mass is 10.0. The van der Waals surface area contributed by atoms with Crippen LogP contribution in [-0.2, 0) is 6.42 Å². The van der Waals surface area contributed by atoms with Gasteiger partial charge in [0.15, 0.2) is 0 Å². The number of benzene rings is 1. The molecule has 3 heteroatoms. The number of carbonyl (C=O) groups is 1. The first-order valence-corrected chi connectivity index (χ1v) is 6.79. The summed E-state index contributed by atoms with van der Waals surface area (Å²) in [6.07, 6.45) is 2.07. The molecule has 1 N–H and O–H groups in total. The van der Waals surface area contributed by atoms with E-state index in [0.29, 0.717) is 6.04 Å². The van der Waals surface area contributed by atoms with E-state index in [0.717, 1.165) is 38.0 Å². The Kier molecular flexibility index (Phi) is 4.37. The number of rotatable bonds is 4. The molecular formula is C15H22N2O. The lowest BCUT2D eigenvalue weighted by Crippen LogP contribution is -2.38. The van der Waals surface area contributed by atoms with Gasteiger partial charge >= 0.3 is 0 Å². The largest absolute Gasteiger partial charge is 0.337 e. The fourth-order valence-electron chi connectivity index (χ4n) is 2.38. The van der Waals surface area contributed by atoms with Crippen LogP contribution in [0.1, 0.15) is 36.2 Å². The second-order valence-electron chi connectivity index (χ2n) is 5.16. The Labute approximate surface area is 109 Å². The molecule has 0 spiro atoms. The molecular weight excluding hydrogens is 224 g/mol. The molecule has 2 rings (SSSR count). The number of carbonyl (C=O) groups excluding carboxylic acids is 1. The van der Waals surface area contributed by atoms with E-state index in [1.807, 2.05) is 23.1 Å². The van der Waals surface area contributed by atoms with Crippen LogP contribution in [0.3, 0.4) is 0 Å². The zero-order valence-electron chi connectivity index (χ0n) is 11.3. The summed E-state index contributed by atoms with van der Waals surface area (Å²) in [5.41, 5.74) is 2.08. The van der Waals surface area contributed by atoms with Crippen LogP contribution in [0.25, 0.3) is 0 Å². The fraction of sp³-hybridized carbons (Fsp3) is 0.533. The normalized spacial score (nSPS) is 15.7. The predicted octanol–water partition coefficient (Wildman–Crippen LogP) is 2.07. The summed E-state index contributed by atoms with van der Waals surface area (Å²) < 4.78 is 0. The molecule has 0 aromatic heterocycles. The van der Waals surface area contributed by atoms with E-state index >= 15 is 0 Å². The third-order valence-electron chi connectivity index (χ3n) is 3.34. The SMILES string of the molecule is CC(C)NCCN1CCCc2ccccc2C1=O. The van der Waals surface area contributed by atoms with Crippen molar-refractivity contribution in [3.05, 3.63) is 35.4 Å². The van der Waals surface area contributed by atoms with Gasteiger partial charge < -0.3 is 10.2 Å². The second kappa shape index (κ2) is 6.01. The Balaban J connectivity index is 2.03. The number of hydrogen-bond acceptors (Lipinski definition) is 2. The Morgan fingerprint density at radius 2 is 2.11 bits per heavy atom. The summed E-state index contributed by atoms with van der Waals surface area (Å²) in [5, 5.41) is 3.36. The Morgan fingerprint density at radius 1 is 1.33 bits per heavy atom. The van der Waals surface area contributed by atoms with Gasteiger partial charge in [-0.1, -0.05) is 32.0 Å². The summed E-state index contributed by atoms with van der Waals surface area (Å²) in [4.78, 5) is 14.4. The second-order valence-corrected chi connectivity index (χ2v) is 5.16. The van der Waals surface area contributed by atoms with Crippen LogP contribution in [0.2, 0.25) is 0 Å². The van der Waals surface area contributed by atoms with Crippen LogP contribution in [-0.4, -0.2) is 36.5 Å². The van der Waals surface area contributed by atoms with E-state index in [2.05, 4.69) is 25.2 Å². The van der Waals surface area contributed by atoms with E-state index in [9.17, 15) is 4.79 Å². The smallest absolute Gasteiger partial charge is 0.254 e. The molecule has 1 aromatic carbocycles. The van der Waals surface area contributed by atoms with Gasteiger partial charge in [0, 0.05) is 31.2 Å². The third kappa shape index (κ3) is 3.10. The molecule has 0 atom stereocenters. The van der Waals surface area contributed by atoms with Gasteiger partial charge in [-0.15, -0.1) is 0 Å². The molecule has 0 aliphatic carbocycles. The predicted molar refractivity (Wildman–Crippen MR) is 73.8 cm³/mol. The van der Waals surface area contributed by atoms with Crippen molar-refractivity contribution in [1.29, 1.82) is 0 Å². The topological polar surface area (TPSA) is 32.3 Å². The minimum atomic E-state index is 0.189. The molecule has 0 radical (unpaired) electrons. The average molecular weight is 246 g/mol. The molecule has 0 bridgehead atoms. The van der Waals surface area contributed by atoms with E-state index in [4.69, 9.17) is 0 Å². The van der Waals surface area contributed by atoms with Crippen molar-refractivity contribution in [3.8, 4) is 0 Å². The maximum atomic E-state index is 12.4. The molecule has 1 aliphatic heterocycles. The van der Waals surface area contributed by atoms with E-state index in [1.165, 1.54) is 5.56 Å². The van der Waals surface area contributed by atoms with Crippen LogP contribution in [0.5, 0.6) is 0 Å². The fourth-order valence-corrected chi connectivity index (χ4v) is 2.38. The molecule has 1 aromatic rings. The minimum absolute atomic E-state index is 0.189. The lowest BCUT2D eigenvalue weighted by Gasteiger charge is -2.21. The van der Waals surface area contributed by atoms with E-state index in [1.54, 1.807) is 0 Å². The van der Waals surface area contributed by atoms with E-state index < -0.39 is 0 Å². The van der Waals surface area contributed by atoms with Gasteiger partial charge in [-0.3, -0.25) is 4.79 Å². The Hall–Kier alpha value is -1.35. The standard InChI is InChI=1S/C15H22N2O/c1-12(2)16-9-11-17-10-5-7-13-6-3-4-8-14(13)15(17)18/h3-4,6,8,12,16H,5,7,9-11H2,1-2H3. The monoisotopic (exact) mass is 246 g/mol. The first kappa shape index (κ1) is 13.1. The summed E-state index contributed by atoms with van der Waals surface area (Å²) in [5.74, 6) is 0.189. The van der Waals surface area contributed by atoms with Crippen LogP contribution in [0.4, 0.5) is 0 Å². The molecule has 0 unspecified atom stereocenters. The maximum absolute atomic E-state index is 12.4.